The predicted molar refractivity (Wildman–Crippen MR) is 75.9 cm³/mol. The summed E-state index contributed by atoms with van der Waals surface area (Å²) in [5.74, 6) is 0.221. The number of nitriles is 1. The number of nitro benzene ring substituents is 1. The van der Waals surface area contributed by atoms with Gasteiger partial charge in [-0.25, -0.2) is 4.98 Å². The van der Waals surface area contributed by atoms with Crippen LogP contribution < -0.4 is 4.74 Å². The molecule has 0 radical (unpaired) electrons. The second kappa shape index (κ2) is 6.01. The summed E-state index contributed by atoms with van der Waals surface area (Å²) in [6.07, 6.45) is 1.52. The molecule has 0 spiro atoms. The van der Waals surface area contributed by atoms with Crippen molar-refractivity contribution in [2.24, 2.45) is 0 Å². The van der Waals surface area contributed by atoms with E-state index >= 15 is 0 Å². The van der Waals surface area contributed by atoms with Crippen molar-refractivity contribution < 1.29 is 9.66 Å². The Kier molecular flexibility index (Phi) is 4.14. The van der Waals surface area contributed by atoms with Gasteiger partial charge in [-0.1, -0.05) is 12.1 Å². The maximum atomic E-state index is 11.1. The molecule has 21 heavy (non-hydrogen) atoms. The Morgan fingerprint density at radius 2 is 2.19 bits per heavy atom. The maximum absolute atomic E-state index is 11.1. The molecule has 6 nitrogen and oxygen atoms in total. The zero-order valence-electron chi connectivity index (χ0n) is 11.7. The van der Waals surface area contributed by atoms with Crippen molar-refractivity contribution in [1.29, 1.82) is 5.26 Å². The number of rotatable bonds is 4. The van der Waals surface area contributed by atoms with Crippen LogP contribution in [-0.4, -0.2) is 9.91 Å². The molecule has 1 heterocycles. The van der Waals surface area contributed by atoms with Crippen LogP contribution in [-0.2, 0) is 6.61 Å². The van der Waals surface area contributed by atoms with Crippen molar-refractivity contribution in [3.8, 4) is 11.8 Å². The van der Waals surface area contributed by atoms with Crippen molar-refractivity contribution in [2.75, 3.05) is 0 Å². The van der Waals surface area contributed by atoms with E-state index in [1.165, 1.54) is 12.3 Å². The molecule has 0 unspecified atom stereocenters. The van der Waals surface area contributed by atoms with Gasteiger partial charge in [-0.15, -0.1) is 0 Å². The fourth-order valence-corrected chi connectivity index (χ4v) is 2.06. The van der Waals surface area contributed by atoms with Crippen molar-refractivity contribution in [1.82, 2.24) is 4.98 Å². The van der Waals surface area contributed by atoms with Crippen LogP contribution in [0, 0.1) is 35.3 Å². The van der Waals surface area contributed by atoms with Gasteiger partial charge in [0, 0.05) is 17.8 Å². The molecule has 2 aromatic rings. The van der Waals surface area contributed by atoms with Crippen LogP contribution in [0.1, 0.15) is 22.4 Å². The van der Waals surface area contributed by atoms with Crippen LogP contribution in [0.4, 0.5) is 5.69 Å². The summed E-state index contributed by atoms with van der Waals surface area (Å²) in [6.45, 7) is 3.60. The lowest BCUT2D eigenvalue weighted by Gasteiger charge is -2.11. The number of hydrogen-bond donors (Lipinski definition) is 0. The Balaban J connectivity index is 2.32. The first kappa shape index (κ1) is 14.5. The standard InChI is InChI=1S/C15H13N3O3/c1-10-6-11(2)15(14(7-10)18(19)20)21-9-12-4-3-5-17-13(12)8-16/h3-7H,9H2,1-2H3. The molecule has 0 amide bonds. The average molecular weight is 283 g/mol. The van der Waals surface area contributed by atoms with Crippen molar-refractivity contribution in [3.05, 3.63) is 63.0 Å². The zero-order valence-corrected chi connectivity index (χ0v) is 11.7. The van der Waals surface area contributed by atoms with Gasteiger partial charge in [0.15, 0.2) is 5.75 Å². The highest BCUT2D eigenvalue weighted by Gasteiger charge is 2.19. The molecule has 0 saturated heterocycles. The van der Waals surface area contributed by atoms with Gasteiger partial charge in [0.25, 0.3) is 0 Å². The molecule has 0 atom stereocenters. The minimum absolute atomic E-state index is 0.0570. The summed E-state index contributed by atoms with van der Waals surface area (Å²) >= 11 is 0. The predicted octanol–water partition coefficient (Wildman–Crippen LogP) is 3.06. The fraction of sp³-hybridized carbons (Fsp3) is 0.200. The Bertz CT molecular complexity index is 735. The topological polar surface area (TPSA) is 89.0 Å². The number of pyridine rings is 1. The van der Waals surface area contributed by atoms with Gasteiger partial charge in [-0.3, -0.25) is 10.1 Å². The molecule has 0 bridgehead atoms. The summed E-state index contributed by atoms with van der Waals surface area (Å²) in [4.78, 5) is 14.6. The molecular formula is C15H13N3O3. The second-order valence-corrected chi connectivity index (χ2v) is 4.60. The minimum Gasteiger partial charge on any atom is -0.482 e. The third-order valence-electron chi connectivity index (χ3n) is 2.97. The van der Waals surface area contributed by atoms with E-state index in [4.69, 9.17) is 10.00 Å². The van der Waals surface area contributed by atoms with Crippen molar-refractivity contribution in [3.63, 3.8) is 0 Å². The van der Waals surface area contributed by atoms with E-state index in [0.29, 0.717) is 11.1 Å². The summed E-state index contributed by atoms with van der Waals surface area (Å²) in [5, 5.41) is 20.1. The molecule has 6 heteroatoms. The molecule has 0 aliphatic heterocycles. The SMILES string of the molecule is Cc1cc(C)c(OCc2cccnc2C#N)c([N+](=O)[O-])c1. The number of aryl methyl sites for hydroxylation is 2. The van der Waals surface area contributed by atoms with Gasteiger partial charge >= 0.3 is 5.69 Å². The Labute approximate surface area is 121 Å². The van der Waals surface area contributed by atoms with Gasteiger partial charge in [0.1, 0.15) is 18.4 Å². The lowest BCUT2D eigenvalue weighted by atomic mass is 10.1. The molecule has 0 aliphatic rings. The van der Waals surface area contributed by atoms with Crippen LogP contribution in [0.3, 0.4) is 0 Å². The molecule has 0 saturated carbocycles. The number of ether oxygens (including phenoxy) is 1. The van der Waals surface area contributed by atoms with Gasteiger partial charge in [-0.2, -0.15) is 5.26 Å². The normalized spacial score (nSPS) is 9.95. The van der Waals surface area contributed by atoms with Gasteiger partial charge < -0.3 is 4.74 Å². The lowest BCUT2D eigenvalue weighted by Crippen LogP contribution is -2.03. The number of aromatic nitrogens is 1. The lowest BCUT2D eigenvalue weighted by molar-refractivity contribution is -0.386. The first-order chi connectivity index (χ1) is 10.0. The van der Waals surface area contributed by atoms with E-state index < -0.39 is 4.92 Å². The number of benzene rings is 1. The highest BCUT2D eigenvalue weighted by molar-refractivity contribution is 5.53. The van der Waals surface area contributed by atoms with E-state index in [0.717, 1.165) is 5.56 Å². The molecule has 106 valence electrons. The third-order valence-corrected chi connectivity index (χ3v) is 2.97. The molecule has 0 N–H and O–H groups in total. The number of nitro groups is 1. The summed E-state index contributed by atoms with van der Waals surface area (Å²) in [5.41, 5.74) is 2.25. The van der Waals surface area contributed by atoms with E-state index in [2.05, 4.69) is 4.98 Å². The third kappa shape index (κ3) is 3.15. The zero-order chi connectivity index (χ0) is 15.4. The van der Waals surface area contributed by atoms with E-state index in [9.17, 15) is 10.1 Å². The first-order valence-electron chi connectivity index (χ1n) is 6.25. The van der Waals surface area contributed by atoms with Crippen LogP contribution in [0.5, 0.6) is 5.75 Å². The quantitative estimate of drug-likeness (QED) is 0.635. The molecule has 0 aliphatic carbocycles. The van der Waals surface area contributed by atoms with E-state index in [-0.39, 0.29) is 23.7 Å². The van der Waals surface area contributed by atoms with Gasteiger partial charge in [0.2, 0.25) is 0 Å². The molecule has 1 aromatic carbocycles. The highest BCUT2D eigenvalue weighted by atomic mass is 16.6. The average Bonchev–Trinajstić information content (AvgIpc) is 2.45. The maximum Gasteiger partial charge on any atom is 0.311 e. The summed E-state index contributed by atoms with van der Waals surface area (Å²) in [7, 11) is 0. The Morgan fingerprint density at radius 1 is 1.43 bits per heavy atom. The van der Waals surface area contributed by atoms with Crippen LogP contribution >= 0.6 is 0 Å². The molecule has 0 fully saturated rings. The Morgan fingerprint density at radius 3 is 2.86 bits per heavy atom. The molecule has 1 aromatic heterocycles. The van der Waals surface area contributed by atoms with Crippen molar-refractivity contribution in [2.45, 2.75) is 20.5 Å². The Hall–Kier alpha value is -2.94. The smallest absolute Gasteiger partial charge is 0.311 e. The summed E-state index contributed by atoms with van der Waals surface area (Å²) in [6, 6.07) is 8.65. The monoisotopic (exact) mass is 283 g/mol. The summed E-state index contributed by atoms with van der Waals surface area (Å²) < 4.78 is 5.58. The van der Waals surface area contributed by atoms with E-state index in [1.54, 1.807) is 26.0 Å². The van der Waals surface area contributed by atoms with Crippen molar-refractivity contribution >= 4 is 5.69 Å². The fourth-order valence-electron chi connectivity index (χ4n) is 2.06. The van der Waals surface area contributed by atoms with Gasteiger partial charge in [-0.05, 0) is 31.0 Å². The first-order valence-corrected chi connectivity index (χ1v) is 6.25. The number of nitrogens with zero attached hydrogens (tertiary/aromatic N) is 3. The minimum atomic E-state index is -0.468. The highest BCUT2D eigenvalue weighted by Crippen LogP contribution is 2.32. The largest absolute Gasteiger partial charge is 0.482 e. The van der Waals surface area contributed by atoms with Crippen LogP contribution in [0.25, 0.3) is 0 Å². The molecule has 2 rings (SSSR count). The number of hydrogen-bond acceptors (Lipinski definition) is 5. The van der Waals surface area contributed by atoms with Gasteiger partial charge in [0.05, 0.1) is 4.92 Å². The second-order valence-electron chi connectivity index (χ2n) is 4.60. The van der Waals surface area contributed by atoms with E-state index in [1.807, 2.05) is 12.1 Å². The molecular weight excluding hydrogens is 270 g/mol. The van der Waals surface area contributed by atoms with Crippen LogP contribution in [0.15, 0.2) is 30.5 Å². The van der Waals surface area contributed by atoms with Crippen LogP contribution in [0.2, 0.25) is 0 Å².